The minimum Gasteiger partial charge on any atom is -0.480 e. The van der Waals surface area contributed by atoms with Crippen LogP contribution in [0.2, 0.25) is 0 Å². The Hall–Kier alpha value is -0.690. The van der Waals surface area contributed by atoms with Gasteiger partial charge in [-0.1, -0.05) is 6.42 Å². The molecule has 1 unspecified atom stereocenters. The van der Waals surface area contributed by atoms with Gasteiger partial charge in [-0.25, -0.2) is 0 Å². The Morgan fingerprint density at radius 2 is 2.07 bits per heavy atom. The normalized spacial score (nSPS) is 14.9. The van der Waals surface area contributed by atoms with Crippen molar-refractivity contribution >= 4 is 5.97 Å². The molecule has 0 bridgehead atoms. The van der Waals surface area contributed by atoms with E-state index in [1.165, 1.54) is 0 Å². The van der Waals surface area contributed by atoms with Crippen LogP contribution in [0.15, 0.2) is 0 Å². The Balaban J connectivity index is 3.78. The molecule has 0 aromatic carbocycles. The summed E-state index contributed by atoms with van der Waals surface area (Å²) >= 11 is 0. The molecule has 0 radical (unpaired) electrons. The van der Waals surface area contributed by atoms with E-state index in [9.17, 15) is 4.79 Å². The molecule has 0 aliphatic carbocycles. The molecule has 0 aliphatic heterocycles. The van der Waals surface area contributed by atoms with E-state index in [0.29, 0.717) is 13.0 Å². The molecular weight excluding hydrogens is 200 g/mol. The SMILES string of the molecule is NCCCC[C@H](NCC(O)CO)C(=O)O. The molecule has 0 amide bonds. The molecule has 0 saturated heterocycles. The van der Waals surface area contributed by atoms with Gasteiger partial charge in [0, 0.05) is 6.54 Å². The maximum Gasteiger partial charge on any atom is 0.320 e. The fraction of sp³-hybridized carbons (Fsp3) is 0.889. The first-order valence-corrected chi connectivity index (χ1v) is 5.07. The van der Waals surface area contributed by atoms with Gasteiger partial charge in [0.2, 0.25) is 0 Å². The number of nitrogens with one attached hydrogen (secondary N) is 1. The number of unbranched alkanes of at least 4 members (excludes halogenated alkanes) is 1. The minimum absolute atomic E-state index is 0.0795. The molecule has 6 heteroatoms. The lowest BCUT2D eigenvalue weighted by atomic mass is 10.1. The van der Waals surface area contributed by atoms with Crippen LogP contribution in [0.25, 0.3) is 0 Å². The molecule has 0 spiro atoms. The number of hydrogen-bond acceptors (Lipinski definition) is 5. The molecular formula is C9H20N2O4. The standard InChI is InChI=1S/C9H20N2O4/c10-4-2-1-3-8(9(14)15)11-5-7(13)6-12/h7-8,11-13H,1-6,10H2,(H,14,15)/t7?,8-/m0/s1. The second-order valence-corrected chi connectivity index (χ2v) is 3.42. The Morgan fingerprint density at radius 3 is 2.53 bits per heavy atom. The quantitative estimate of drug-likeness (QED) is 0.302. The zero-order valence-electron chi connectivity index (χ0n) is 8.72. The summed E-state index contributed by atoms with van der Waals surface area (Å²) in [7, 11) is 0. The number of carboxylic acids is 1. The zero-order chi connectivity index (χ0) is 11.7. The van der Waals surface area contributed by atoms with Crippen molar-refractivity contribution in [3.05, 3.63) is 0 Å². The van der Waals surface area contributed by atoms with Crippen LogP contribution in [-0.2, 0) is 4.79 Å². The van der Waals surface area contributed by atoms with E-state index < -0.39 is 18.1 Å². The first-order valence-electron chi connectivity index (χ1n) is 5.07. The summed E-state index contributed by atoms with van der Waals surface area (Å²) in [5, 5.41) is 29.1. The first kappa shape index (κ1) is 14.3. The van der Waals surface area contributed by atoms with Crippen molar-refractivity contribution < 1.29 is 20.1 Å². The molecule has 6 N–H and O–H groups in total. The molecule has 0 heterocycles. The summed E-state index contributed by atoms with van der Waals surface area (Å²) in [6.07, 6.45) is 1.08. The molecule has 0 aromatic rings. The lowest BCUT2D eigenvalue weighted by Crippen LogP contribution is -2.41. The van der Waals surface area contributed by atoms with Crippen LogP contribution in [0.3, 0.4) is 0 Å². The molecule has 6 nitrogen and oxygen atoms in total. The lowest BCUT2D eigenvalue weighted by molar-refractivity contribution is -0.139. The minimum atomic E-state index is -0.947. The van der Waals surface area contributed by atoms with E-state index in [1.54, 1.807) is 0 Å². The van der Waals surface area contributed by atoms with Crippen LogP contribution in [0.5, 0.6) is 0 Å². The Morgan fingerprint density at radius 1 is 1.40 bits per heavy atom. The summed E-state index contributed by atoms with van der Waals surface area (Å²) in [5.41, 5.74) is 5.29. The molecule has 0 aliphatic rings. The van der Waals surface area contributed by atoms with Crippen LogP contribution in [0.4, 0.5) is 0 Å². The lowest BCUT2D eigenvalue weighted by Gasteiger charge is -2.16. The van der Waals surface area contributed by atoms with Crippen molar-refractivity contribution in [1.82, 2.24) is 5.32 Å². The maximum atomic E-state index is 10.8. The Bertz CT molecular complexity index is 177. The highest BCUT2D eigenvalue weighted by molar-refractivity contribution is 5.73. The highest BCUT2D eigenvalue weighted by Crippen LogP contribution is 2.00. The van der Waals surface area contributed by atoms with Crippen molar-refractivity contribution in [3.63, 3.8) is 0 Å². The van der Waals surface area contributed by atoms with Gasteiger partial charge in [0.1, 0.15) is 6.04 Å². The number of nitrogens with two attached hydrogens (primary N) is 1. The van der Waals surface area contributed by atoms with Crippen LogP contribution < -0.4 is 11.1 Å². The molecule has 0 fully saturated rings. The van der Waals surface area contributed by atoms with E-state index in [1.807, 2.05) is 0 Å². The van der Waals surface area contributed by atoms with Crippen molar-refractivity contribution in [2.24, 2.45) is 5.73 Å². The number of carboxylic acid groups (broad SMARTS) is 1. The van der Waals surface area contributed by atoms with Gasteiger partial charge in [0.05, 0.1) is 12.7 Å². The Kier molecular flexibility index (Phi) is 8.21. The van der Waals surface area contributed by atoms with Crippen LogP contribution in [-0.4, -0.2) is 53.1 Å². The summed E-state index contributed by atoms with van der Waals surface area (Å²) in [5.74, 6) is -0.947. The molecule has 0 aromatic heterocycles. The van der Waals surface area contributed by atoms with Crippen molar-refractivity contribution in [3.8, 4) is 0 Å². The van der Waals surface area contributed by atoms with Gasteiger partial charge in [-0.3, -0.25) is 4.79 Å². The van der Waals surface area contributed by atoms with E-state index in [4.69, 9.17) is 21.1 Å². The Labute approximate surface area is 89.1 Å². The smallest absolute Gasteiger partial charge is 0.320 e. The third-order valence-corrected chi connectivity index (χ3v) is 2.06. The van der Waals surface area contributed by atoms with E-state index in [-0.39, 0.29) is 13.2 Å². The summed E-state index contributed by atoms with van der Waals surface area (Å²) in [6, 6.07) is -0.683. The van der Waals surface area contributed by atoms with Gasteiger partial charge in [-0.2, -0.15) is 0 Å². The molecule has 0 saturated carbocycles. The highest BCUT2D eigenvalue weighted by Gasteiger charge is 2.17. The first-order chi connectivity index (χ1) is 7.11. The summed E-state index contributed by atoms with van der Waals surface area (Å²) < 4.78 is 0. The monoisotopic (exact) mass is 220 g/mol. The average Bonchev–Trinajstić information content (AvgIpc) is 2.22. The van der Waals surface area contributed by atoms with E-state index >= 15 is 0 Å². The van der Waals surface area contributed by atoms with Gasteiger partial charge < -0.3 is 26.4 Å². The third kappa shape index (κ3) is 7.26. The topological polar surface area (TPSA) is 116 Å². The predicted octanol–water partition coefficient (Wildman–Crippen LogP) is -1.49. The molecule has 90 valence electrons. The van der Waals surface area contributed by atoms with Crippen LogP contribution in [0, 0.1) is 0 Å². The number of carbonyl (C=O) groups is 1. The third-order valence-electron chi connectivity index (χ3n) is 2.06. The largest absolute Gasteiger partial charge is 0.480 e. The van der Waals surface area contributed by atoms with Gasteiger partial charge in [0.25, 0.3) is 0 Å². The second-order valence-electron chi connectivity index (χ2n) is 3.42. The van der Waals surface area contributed by atoms with Crippen LogP contribution in [0.1, 0.15) is 19.3 Å². The van der Waals surface area contributed by atoms with E-state index in [0.717, 1.165) is 12.8 Å². The van der Waals surface area contributed by atoms with Crippen LogP contribution >= 0.6 is 0 Å². The van der Waals surface area contributed by atoms with Crippen molar-refractivity contribution in [2.45, 2.75) is 31.4 Å². The van der Waals surface area contributed by atoms with E-state index in [2.05, 4.69) is 5.32 Å². The van der Waals surface area contributed by atoms with Gasteiger partial charge in [-0.05, 0) is 19.4 Å². The van der Waals surface area contributed by atoms with Crippen molar-refractivity contribution in [1.29, 1.82) is 0 Å². The number of aliphatic hydroxyl groups is 2. The summed E-state index contributed by atoms with van der Waals surface area (Å²) in [6.45, 7) is 0.254. The number of rotatable bonds is 9. The predicted molar refractivity (Wildman–Crippen MR) is 55.4 cm³/mol. The highest BCUT2D eigenvalue weighted by atomic mass is 16.4. The van der Waals surface area contributed by atoms with Gasteiger partial charge in [0.15, 0.2) is 0 Å². The van der Waals surface area contributed by atoms with Crippen molar-refractivity contribution in [2.75, 3.05) is 19.7 Å². The summed E-state index contributed by atoms with van der Waals surface area (Å²) in [4.78, 5) is 10.8. The van der Waals surface area contributed by atoms with Gasteiger partial charge in [-0.15, -0.1) is 0 Å². The zero-order valence-corrected chi connectivity index (χ0v) is 8.72. The molecule has 0 rings (SSSR count). The fourth-order valence-corrected chi connectivity index (χ4v) is 1.15. The second kappa shape index (κ2) is 8.60. The average molecular weight is 220 g/mol. The molecule has 2 atom stereocenters. The maximum absolute atomic E-state index is 10.8. The number of aliphatic carboxylic acids is 1. The fourth-order valence-electron chi connectivity index (χ4n) is 1.15. The number of aliphatic hydroxyl groups excluding tert-OH is 2. The molecule has 15 heavy (non-hydrogen) atoms. The number of hydrogen-bond donors (Lipinski definition) is 5. The van der Waals surface area contributed by atoms with Gasteiger partial charge >= 0.3 is 5.97 Å².